The zero-order valence-electron chi connectivity index (χ0n) is 10.8. The van der Waals surface area contributed by atoms with E-state index >= 15 is 0 Å². The molecule has 1 N–H and O–H groups in total. The largest absolute Gasteiger partial charge is 0.312 e. The molecule has 0 unspecified atom stereocenters. The van der Waals surface area contributed by atoms with E-state index in [4.69, 9.17) is 11.6 Å². The van der Waals surface area contributed by atoms with Crippen molar-refractivity contribution in [2.45, 2.75) is 19.9 Å². The van der Waals surface area contributed by atoms with Crippen LogP contribution in [0.3, 0.4) is 0 Å². The average molecular weight is 264 g/mol. The number of aromatic nitrogens is 2. The van der Waals surface area contributed by atoms with Crippen LogP contribution in [0.15, 0.2) is 30.5 Å². The highest BCUT2D eigenvalue weighted by Crippen LogP contribution is 2.09. The monoisotopic (exact) mass is 263 g/mol. The summed E-state index contributed by atoms with van der Waals surface area (Å²) in [5.41, 5.74) is 3.65. The van der Waals surface area contributed by atoms with Gasteiger partial charge in [-0.3, -0.25) is 4.68 Å². The minimum atomic E-state index is 0.790. The summed E-state index contributed by atoms with van der Waals surface area (Å²) in [6.45, 7) is 3.86. The molecule has 1 aromatic heterocycles. The highest BCUT2D eigenvalue weighted by Gasteiger charge is 2.01. The van der Waals surface area contributed by atoms with E-state index in [1.807, 2.05) is 30.8 Å². The molecule has 2 rings (SSSR count). The molecule has 96 valence electrons. The van der Waals surface area contributed by atoms with Gasteiger partial charge in [0.1, 0.15) is 0 Å². The van der Waals surface area contributed by atoms with E-state index in [-0.39, 0.29) is 0 Å². The van der Waals surface area contributed by atoms with E-state index in [2.05, 4.69) is 28.7 Å². The second-order valence-electron chi connectivity index (χ2n) is 4.47. The van der Waals surface area contributed by atoms with Gasteiger partial charge in [-0.2, -0.15) is 5.10 Å². The first-order valence-corrected chi connectivity index (χ1v) is 6.47. The van der Waals surface area contributed by atoms with Crippen molar-refractivity contribution in [3.8, 4) is 0 Å². The Morgan fingerprint density at radius 1 is 1.28 bits per heavy atom. The van der Waals surface area contributed by atoms with Crippen molar-refractivity contribution in [3.05, 3.63) is 52.3 Å². The molecule has 0 radical (unpaired) electrons. The molecule has 0 saturated carbocycles. The Bertz CT molecular complexity index is 502. The first-order chi connectivity index (χ1) is 8.65. The number of hydrogen-bond donors (Lipinski definition) is 1. The van der Waals surface area contributed by atoms with Crippen molar-refractivity contribution in [1.82, 2.24) is 15.1 Å². The highest BCUT2D eigenvalue weighted by molar-refractivity contribution is 6.30. The summed E-state index contributed by atoms with van der Waals surface area (Å²) >= 11 is 5.85. The van der Waals surface area contributed by atoms with Gasteiger partial charge >= 0.3 is 0 Å². The van der Waals surface area contributed by atoms with Crippen LogP contribution in [0.25, 0.3) is 0 Å². The third-order valence-corrected chi connectivity index (χ3v) is 3.19. The van der Waals surface area contributed by atoms with Gasteiger partial charge in [0, 0.05) is 30.4 Å². The molecule has 4 heteroatoms. The van der Waals surface area contributed by atoms with E-state index in [1.54, 1.807) is 0 Å². The lowest BCUT2D eigenvalue weighted by molar-refractivity contribution is 0.684. The first kappa shape index (κ1) is 13.1. The van der Waals surface area contributed by atoms with Gasteiger partial charge in [-0.15, -0.1) is 0 Å². The van der Waals surface area contributed by atoms with Gasteiger partial charge in [0.05, 0.1) is 5.69 Å². The molecule has 0 amide bonds. The Hall–Kier alpha value is -1.32. The highest BCUT2D eigenvalue weighted by atomic mass is 35.5. The first-order valence-electron chi connectivity index (χ1n) is 6.09. The topological polar surface area (TPSA) is 29.9 Å². The molecule has 0 fully saturated rings. The number of halogens is 1. The summed E-state index contributed by atoms with van der Waals surface area (Å²) in [7, 11) is 1.95. The Labute approximate surface area is 113 Å². The summed E-state index contributed by atoms with van der Waals surface area (Å²) < 4.78 is 1.85. The molecule has 0 aliphatic carbocycles. The number of aryl methyl sites for hydroxylation is 2. The van der Waals surface area contributed by atoms with Crippen LogP contribution in [0, 0.1) is 6.92 Å². The molecule has 2 aromatic rings. The maximum absolute atomic E-state index is 5.85. The van der Waals surface area contributed by atoms with Crippen molar-refractivity contribution in [2.75, 3.05) is 6.54 Å². The SMILES string of the molecule is Cc1nn(C)cc1CNCCc1ccc(Cl)cc1. The van der Waals surface area contributed by atoms with Crippen LogP contribution in [0.5, 0.6) is 0 Å². The predicted molar refractivity (Wildman–Crippen MR) is 74.8 cm³/mol. The Morgan fingerprint density at radius 3 is 2.61 bits per heavy atom. The van der Waals surface area contributed by atoms with Crippen LogP contribution in [-0.2, 0) is 20.0 Å². The fourth-order valence-corrected chi connectivity index (χ4v) is 2.06. The van der Waals surface area contributed by atoms with Crippen LogP contribution < -0.4 is 5.32 Å². The van der Waals surface area contributed by atoms with E-state index < -0.39 is 0 Å². The number of nitrogens with zero attached hydrogens (tertiary/aromatic N) is 2. The lowest BCUT2D eigenvalue weighted by Gasteiger charge is -2.04. The molecule has 0 spiro atoms. The number of rotatable bonds is 5. The van der Waals surface area contributed by atoms with E-state index in [0.29, 0.717) is 0 Å². The van der Waals surface area contributed by atoms with Crippen molar-refractivity contribution in [2.24, 2.45) is 7.05 Å². The third-order valence-electron chi connectivity index (χ3n) is 2.93. The number of nitrogens with one attached hydrogen (secondary N) is 1. The van der Waals surface area contributed by atoms with Crippen LogP contribution >= 0.6 is 11.6 Å². The predicted octanol–water partition coefficient (Wildman–Crippen LogP) is 2.71. The summed E-state index contributed by atoms with van der Waals surface area (Å²) in [5.74, 6) is 0. The third kappa shape index (κ3) is 3.59. The van der Waals surface area contributed by atoms with E-state index in [9.17, 15) is 0 Å². The van der Waals surface area contributed by atoms with E-state index in [1.165, 1.54) is 11.1 Å². The lowest BCUT2D eigenvalue weighted by Crippen LogP contribution is -2.16. The summed E-state index contributed by atoms with van der Waals surface area (Å²) in [5, 5.41) is 8.54. The van der Waals surface area contributed by atoms with Gasteiger partial charge in [0.2, 0.25) is 0 Å². The Kier molecular flexibility index (Phi) is 4.39. The molecule has 0 atom stereocenters. The van der Waals surface area contributed by atoms with Gasteiger partial charge in [0.25, 0.3) is 0 Å². The lowest BCUT2D eigenvalue weighted by atomic mass is 10.1. The standard InChI is InChI=1S/C14H18ClN3/c1-11-13(10-18(2)17-11)9-16-8-7-12-3-5-14(15)6-4-12/h3-6,10,16H,7-9H2,1-2H3. The molecule has 0 aliphatic heterocycles. The summed E-state index contributed by atoms with van der Waals surface area (Å²) in [6, 6.07) is 8.00. The van der Waals surface area contributed by atoms with Crippen LogP contribution in [0.4, 0.5) is 0 Å². The molecule has 3 nitrogen and oxygen atoms in total. The van der Waals surface area contributed by atoms with Gasteiger partial charge in [-0.1, -0.05) is 23.7 Å². The average Bonchev–Trinajstić information content (AvgIpc) is 2.66. The summed E-state index contributed by atoms with van der Waals surface area (Å²) in [4.78, 5) is 0. The van der Waals surface area contributed by atoms with Gasteiger partial charge in [-0.05, 0) is 37.6 Å². The minimum absolute atomic E-state index is 0.790. The maximum Gasteiger partial charge on any atom is 0.0638 e. The zero-order valence-corrected chi connectivity index (χ0v) is 11.5. The van der Waals surface area contributed by atoms with Crippen molar-refractivity contribution in [3.63, 3.8) is 0 Å². The Morgan fingerprint density at radius 2 is 2.00 bits per heavy atom. The zero-order chi connectivity index (χ0) is 13.0. The molecule has 18 heavy (non-hydrogen) atoms. The second kappa shape index (κ2) is 6.03. The van der Waals surface area contributed by atoms with Gasteiger partial charge in [0.15, 0.2) is 0 Å². The van der Waals surface area contributed by atoms with Crippen molar-refractivity contribution >= 4 is 11.6 Å². The smallest absolute Gasteiger partial charge is 0.0638 e. The van der Waals surface area contributed by atoms with Crippen LogP contribution in [0.1, 0.15) is 16.8 Å². The molecular weight excluding hydrogens is 246 g/mol. The number of benzene rings is 1. The number of hydrogen-bond acceptors (Lipinski definition) is 2. The molecule has 0 aliphatic rings. The van der Waals surface area contributed by atoms with Gasteiger partial charge < -0.3 is 5.32 Å². The fourth-order valence-electron chi connectivity index (χ4n) is 1.93. The van der Waals surface area contributed by atoms with Crippen LogP contribution in [0.2, 0.25) is 5.02 Å². The minimum Gasteiger partial charge on any atom is -0.312 e. The van der Waals surface area contributed by atoms with Crippen LogP contribution in [-0.4, -0.2) is 16.3 Å². The summed E-state index contributed by atoms with van der Waals surface area (Å²) in [6.07, 6.45) is 3.07. The molecule has 0 bridgehead atoms. The quantitative estimate of drug-likeness (QED) is 0.841. The molecule has 1 heterocycles. The fraction of sp³-hybridized carbons (Fsp3) is 0.357. The second-order valence-corrected chi connectivity index (χ2v) is 4.90. The van der Waals surface area contributed by atoms with Gasteiger partial charge in [-0.25, -0.2) is 0 Å². The van der Waals surface area contributed by atoms with Crippen molar-refractivity contribution in [1.29, 1.82) is 0 Å². The maximum atomic E-state index is 5.85. The molecule has 0 saturated heterocycles. The van der Waals surface area contributed by atoms with Crippen molar-refractivity contribution < 1.29 is 0 Å². The molecular formula is C14H18ClN3. The molecule has 1 aromatic carbocycles. The van der Waals surface area contributed by atoms with E-state index in [0.717, 1.165) is 30.2 Å². The normalized spacial score (nSPS) is 10.8. The Balaban J connectivity index is 1.76.